The van der Waals surface area contributed by atoms with E-state index in [9.17, 15) is 4.79 Å². The minimum Gasteiger partial charge on any atom is -0.468 e. The smallest absolute Gasteiger partial charge is 0.326 e. The fourth-order valence-electron chi connectivity index (χ4n) is 0.999. The van der Waals surface area contributed by atoms with Crippen LogP contribution >= 0.6 is 11.6 Å². The maximum atomic E-state index is 11.0. The number of hydrogen-bond donors (Lipinski definition) is 0. The second-order valence-corrected chi connectivity index (χ2v) is 3.18. The number of halogens is 1. The van der Waals surface area contributed by atoms with Crippen LogP contribution in [0.3, 0.4) is 0 Å². The van der Waals surface area contributed by atoms with Crippen molar-refractivity contribution in [1.29, 1.82) is 5.26 Å². The third-order valence-corrected chi connectivity index (χ3v) is 2.03. The summed E-state index contributed by atoms with van der Waals surface area (Å²) in [5.74, 6) is -0.466. The summed E-state index contributed by atoms with van der Waals surface area (Å²) < 4.78 is 4.47. The van der Waals surface area contributed by atoms with Gasteiger partial charge in [-0.05, 0) is 24.3 Å². The molecule has 4 nitrogen and oxygen atoms in total. The highest BCUT2D eigenvalue weighted by atomic mass is 35.5. The molecule has 0 spiro atoms. The van der Waals surface area contributed by atoms with Gasteiger partial charge in [-0.25, -0.2) is 0 Å². The summed E-state index contributed by atoms with van der Waals surface area (Å²) in [4.78, 5) is 12.2. The first-order chi connectivity index (χ1) is 7.17. The minimum atomic E-state index is -0.466. The van der Waals surface area contributed by atoms with Gasteiger partial charge in [0.1, 0.15) is 6.54 Å². The molecule has 15 heavy (non-hydrogen) atoms. The van der Waals surface area contributed by atoms with Crippen molar-refractivity contribution in [2.24, 2.45) is 0 Å². The number of nitrogens with zero attached hydrogens (tertiary/aromatic N) is 2. The molecule has 0 unspecified atom stereocenters. The van der Waals surface area contributed by atoms with E-state index in [2.05, 4.69) is 4.74 Å². The number of anilines is 1. The van der Waals surface area contributed by atoms with Gasteiger partial charge in [-0.1, -0.05) is 11.6 Å². The number of carbonyl (C=O) groups is 1. The van der Waals surface area contributed by atoms with E-state index in [4.69, 9.17) is 16.9 Å². The summed E-state index contributed by atoms with van der Waals surface area (Å²) in [6.45, 7) is -0.103. The summed E-state index contributed by atoms with van der Waals surface area (Å²) in [5.41, 5.74) is 0.604. The number of hydrogen-bond acceptors (Lipinski definition) is 4. The summed E-state index contributed by atoms with van der Waals surface area (Å²) in [5, 5.41) is 9.41. The van der Waals surface area contributed by atoms with Crippen molar-refractivity contribution in [3.8, 4) is 6.19 Å². The normalized spacial score (nSPS) is 9.13. The van der Waals surface area contributed by atoms with Crippen LogP contribution in [0.2, 0.25) is 5.02 Å². The molecular formula is C10H9ClN2O2. The Morgan fingerprint density at radius 2 is 2.13 bits per heavy atom. The Morgan fingerprint density at radius 3 is 2.60 bits per heavy atom. The molecule has 0 saturated heterocycles. The van der Waals surface area contributed by atoms with Gasteiger partial charge >= 0.3 is 5.97 Å². The number of esters is 1. The zero-order valence-electron chi connectivity index (χ0n) is 8.11. The Bertz CT molecular complexity index is 383. The molecule has 0 saturated carbocycles. The van der Waals surface area contributed by atoms with Gasteiger partial charge in [0.15, 0.2) is 6.19 Å². The lowest BCUT2D eigenvalue weighted by molar-refractivity contribution is -0.138. The van der Waals surface area contributed by atoms with Crippen LogP contribution in [-0.2, 0) is 9.53 Å². The molecule has 0 radical (unpaired) electrons. The standard InChI is InChI=1S/C10H9ClN2O2/c1-15-10(14)6-13(7-12)9-4-2-8(11)3-5-9/h2-5H,6H2,1H3. The van der Waals surface area contributed by atoms with Crippen molar-refractivity contribution >= 4 is 23.3 Å². The maximum Gasteiger partial charge on any atom is 0.326 e. The maximum absolute atomic E-state index is 11.0. The summed E-state index contributed by atoms with van der Waals surface area (Å²) in [6.07, 6.45) is 1.89. The van der Waals surface area contributed by atoms with Gasteiger partial charge in [0, 0.05) is 5.02 Å². The third kappa shape index (κ3) is 3.15. The van der Waals surface area contributed by atoms with Gasteiger partial charge in [-0.3, -0.25) is 9.69 Å². The van der Waals surface area contributed by atoms with E-state index >= 15 is 0 Å². The first-order valence-corrected chi connectivity index (χ1v) is 4.55. The summed E-state index contributed by atoms with van der Waals surface area (Å²) in [6, 6.07) is 6.63. The van der Waals surface area contributed by atoms with E-state index in [0.717, 1.165) is 0 Å². The van der Waals surface area contributed by atoms with Crippen molar-refractivity contribution in [1.82, 2.24) is 0 Å². The lowest BCUT2D eigenvalue weighted by atomic mass is 10.3. The Hall–Kier alpha value is -1.73. The third-order valence-electron chi connectivity index (χ3n) is 1.77. The van der Waals surface area contributed by atoms with Crippen LogP contribution in [0.5, 0.6) is 0 Å². The molecule has 0 atom stereocenters. The molecule has 1 rings (SSSR count). The van der Waals surface area contributed by atoms with Gasteiger partial charge in [0.2, 0.25) is 0 Å². The highest BCUT2D eigenvalue weighted by Crippen LogP contribution is 2.17. The fourth-order valence-corrected chi connectivity index (χ4v) is 1.13. The van der Waals surface area contributed by atoms with E-state index in [1.807, 2.05) is 6.19 Å². The number of rotatable bonds is 3. The number of methoxy groups -OCH3 is 1. The molecule has 0 aliphatic rings. The predicted octanol–water partition coefficient (Wildman–Crippen LogP) is 1.80. The zero-order valence-corrected chi connectivity index (χ0v) is 8.86. The first-order valence-electron chi connectivity index (χ1n) is 4.17. The average Bonchev–Trinajstić information content (AvgIpc) is 2.27. The SMILES string of the molecule is COC(=O)CN(C#N)c1ccc(Cl)cc1. The second kappa shape index (κ2) is 5.23. The monoisotopic (exact) mass is 224 g/mol. The molecule has 0 heterocycles. The summed E-state index contributed by atoms with van der Waals surface area (Å²) >= 11 is 5.70. The topological polar surface area (TPSA) is 53.3 Å². The molecule has 0 amide bonds. The number of nitriles is 1. The lowest BCUT2D eigenvalue weighted by Crippen LogP contribution is -2.25. The Balaban J connectivity index is 2.80. The Morgan fingerprint density at radius 1 is 1.53 bits per heavy atom. The quantitative estimate of drug-likeness (QED) is 0.446. The number of ether oxygens (including phenoxy) is 1. The van der Waals surface area contributed by atoms with Crippen LogP contribution in [0.25, 0.3) is 0 Å². The molecule has 0 N–H and O–H groups in total. The molecular weight excluding hydrogens is 216 g/mol. The van der Waals surface area contributed by atoms with Gasteiger partial charge in [-0.2, -0.15) is 5.26 Å². The number of carbonyl (C=O) groups excluding carboxylic acids is 1. The van der Waals surface area contributed by atoms with Gasteiger partial charge in [0.05, 0.1) is 12.8 Å². The number of benzene rings is 1. The zero-order chi connectivity index (χ0) is 11.3. The molecule has 1 aromatic rings. The van der Waals surface area contributed by atoms with Crippen LogP contribution in [0.4, 0.5) is 5.69 Å². The van der Waals surface area contributed by atoms with Gasteiger partial charge in [-0.15, -0.1) is 0 Å². The largest absolute Gasteiger partial charge is 0.468 e. The molecule has 1 aromatic carbocycles. The molecule has 0 aromatic heterocycles. The van der Waals surface area contributed by atoms with Crippen molar-refractivity contribution in [2.75, 3.05) is 18.6 Å². The molecule has 78 valence electrons. The predicted molar refractivity (Wildman–Crippen MR) is 56.4 cm³/mol. The van der Waals surface area contributed by atoms with Crippen molar-refractivity contribution < 1.29 is 9.53 Å². The molecule has 0 fully saturated rings. The van der Waals surface area contributed by atoms with Crippen molar-refractivity contribution in [2.45, 2.75) is 0 Å². The van der Waals surface area contributed by atoms with E-state index in [0.29, 0.717) is 10.7 Å². The highest BCUT2D eigenvalue weighted by Gasteiger charge is 2.10. The van der Waals surface area contributed by atoms with Crippen molar-refractivity contribution in [3.63, 3.8) is 0 Å². The van der Waals surface area contributed by atoms with E-state index in [1.165, 1.54) is 12.0 Å². The molecule has 0 bridgehead atoms. The van der Waals surface area contributed by atoms with Crippen LogP contribution in [0.15, 0.2) is 24.3 Å². The van der Waals surface area contributed by atoms with Crippen LogP contribution < -0.4 is 4.90 Å². The van der Waals surface area contributed by atoms with Crippen molar-refractivity contribution in [3.05, 3.63) is 29.3 Å². The Labute approximate surface area is 92.6 Å². The molecule has 0 aliphatic carbocycles. The molecule has 5 heteroatoms. The highest BCUT2D eigenvalue weighted by molar-refractivity contribution is 6.30. The van der Waals surface area contributed by atoms with E-state index in [1.54, 1.807) is 24.3 Å². The second-order valence-electron chi connectivity index (χ2n) is 2.74. The first kappa shape index (κ1) is 11.3. The van der Waals surface area contributed by atoms with E-state index < -0.39 is 5.97 Å². The van der Waals surface area contributed by atoms with Crippen LogP contribution in [-0.4, -0.2) is 19.6 Å². The molecule has 0 aliphatic heterocycles. The minimum absolute atomic E-state index is 0.103. The lowest BCUT2D eigenvalue weighted by Gasteiger charge is -2.13. The Kier molecular flexibility index (Phi) is 3.95. The fraction of sp³-hybridized carbons (Fsp3) is 0.200. The van der Waals surface area contributed by atoms with Gasteiger partial charge in [0.25, 0.3) is 0 Å². The van der Waals surface area contributed by atoms with E-state index in [-0.39, 0.29) is 6.54 Å². The van der Waals surface area contributed by atoms with Crippen LogP contribution in [0.1, 0.15) is 0 Å². The average molecular weight is 225 g/mol. The van der Waals surface area contributed by atoms with Gasteiger partial charge < -0.3 is 4.74 Å². The van der Waals surface area contributed by atoms with Crippen LogP contribution in [0, 0.1) is 11.5 Å². The summed E-state index contributed by atoms with van der Waals surface area (Å²) in [7, 11) is 1.28.